The Balaban J connectivity index is 2.25. The third kappa shape index (κ3) is 1.50. The molecule has 14 heavy (non-hydrogen) atoms. The van der Waals surface area contributed by atoms with E-state index in [0.717, 1.165) is 23.1 Å². The van der Waals surface area contributed by atoms with Crippen LogP contribution in [0.15, 0.2) is 6.07 Å². The van der Waals surface area contributed by atoms with Crippen LogP contribution in [0.5, 0.6) is 0 Å². The first-order valence-electron chi connectivity index (χ1n) is 4.25. The maximum atomic E-state index is 10.7. The number of aldehydes is 1. The standard InChI is InChI=1S/C9H9NO3S/c11-5-7-3-6-4-10(9(12)13)2-1-8(6)14-7/h3,5H,1-2,4H2,(H,12,13). The molecular weight excluding hydrogens is 202 g/mol. The second-order valence-corrected chi connectivity index (χ2v) is 4.34. The van der Waals surface area contributed by atoms with Gasteiger partial charge in [-0.05, 0) is 18.1 Å². The summed E-state index contributed by atoms with van der Waals surface area (Å²) >= 11 is 1.46. The molecular formula is C9H9NO3S. The Morgan fingerprint density at radius 1 is 1.64 bits per heavy atom. The van der Waals surface area contributed by atoms with Crippen LogP contribution >= 0.6 is 11.3 Å². The molecule has 1 aliphatic rings. The lowest BCUT2D eigenvalue weighted by Gasteiger charge is -2.23. The average molecular weight is 211 g/mol. The van der Waals surface area contributed by atoms with E-state index in [-0.39, 0.29) is 0 Å². The maximum absolute atomic E-state index is 10.7. The summed E-state index contributed by atoms with van der Waals surface area (Å²) in [6.07, 6.45) is 0.642. The molecule has 2 rings (SSSR count). The van der Waals surface area contributed by atoms with Crippen LogP contribution in [0, 0.1) is 0 Å². The Kier molecular flexibility index (Phi) is 2.25. The fourth-order valence-corrected chi connectivity index (χ4v) is 2.56. The van der Waals surface area contributed by atoms with E-state index in [2.05, 4.69) is 0 Å². The number of fused-ring (bicyclic) bond motifs is 1. The number of nitrogens with zero attached hydrogens (tertiary/aromatic N) is 1. The smallest absolute Gasteiger partial charge is 0.407 e. The molecule has 5 heteroatoms. The zero-order chi connectivity index (χ0) is 10.1. The van der Waals surface area contributed by atoms with Crippen molar-refractivity contribution in [2.75, 3.05) is 6.54 Å². The lowest BCUT2D eigenvalue weighted by Crippen LogP contribution is -2.33. The Hall–Kier alpha value is -1.36. The number of carbonyl (C=O) groups is 2. The van der Waals surface area contributed by atoms with Crippen molar-refractivity contribution in [3.05, 3.63) is 21.4 Å². The number of hydrogen-bond donors (Lipinski definition) is 1. The van der Waals surface area contributed by atoms with Gasteiger partial charge in [0.25, 0.3) is 0 Å². The molecule has 1 aliphatic heterocycles. The predicted octanol–water partition coefficient (Wildman–Crippen LogP) is 1.60. The van der Waals surface area contributed by atoms with Crippen LogP contribution in [-0.2, 0) is 13.0 Å². The Bertz CT molecular complexity index is 385. The summed E-state index contributed by atoms with van der Waals surface area (Å²) in [5.74, 6) is 0. The molecule has 1 N–H and O–H groups in total. The molecule has 0 saturated carbocycles. The van der Waals surface area contributed by atoms with Crippen molar-refractivity contribution >= 4 is 23.7 Å². The van der Waals surface area contributed by atoms with E-state index in [4.69, 9.17) is 5.11 Å². The molecule has 4 nitrogen and oxygen atoms in total. The van der Waals surface area contributed by atoms with Gasteiger partial charge < -0.3 is 10.0 Å². The second kappa shape index (κ2) is 3.42. The lowest BCUT2D eigenvalue weighted by molar-refractivity contribution is 0.112. The van der Waals surface area contributed by atoms with Gasteiger partial charge in [0.1, 0.15) is 0 Å². The second-order valence-electron chi connectivity index (χ2n) is 3.17. The first-order valence-corrected chi connectivity index (χ1v) is 5.07. The fourth-order valence-electron chi connectivity index (χ4n) is 1.58. The number of carbonyl (C=O) groups excluding carboxylic acids is 1. The van der Waals surface area contributed by atoms with Gasteiger partial charge in [-0.25, -0.2) is 4.79 Å². The summed E-state index contributed by atoms with van der Waals surface area (Å²) in [7, 11) is 0. The Morgan fingerprint density at radius 2 is 2.43 bits per heavy atom. The maximum Gasteiger partial charge on any atom is 0.407 e. The van der Waals surface area contributed by atoms with Crippen molar-refractivity contribution in [2.45, 2.75) is 13.0 Å². The van der Waals surface area contributed by atoms with Gasteiger partial charge in [0.2, 0.25) is 0 Å². The fraction of sp³-hybridized carbons (Fsp3) is 0.333. The highest BCUT2D eigenvalue weighted by molar-refractivity contribution is 7.13. The molecule has 0 saturated heterocycles. The van der Waals surface area contributed by atoms with Gasteiger partial charge in [0, 0.05) is 11.4 Å². The van der Waals surface area contributed by atoms with E-state index >= 15 is 0 Å². The highest BCUT2D eigenvalue weighted by Gasteiger charge is 2.21. The first-order chi connectivity index (χ1) is 6.70. The summed E-state index contributed by atoms with van der Waals surface area (Å²) in [5.41, 5.74) is 0.978. The third-order valence-electron chi connectivity index (χ3n) is 2.27. The Labute approximate surface area is 84.8 Å². The molecule has 0 atom stereocenters. The molecule has 2 heterocycles. The molecule has 0 aromatic carbocycles. The summed E-state index contributed by atoms with van der Waals surface area (Å²) in [6, 6.07) is 1.78. The summed E-state index contributed by atoms with van der Waals surface area (Å²) in [5, 5.41) is 8.79. The largest absolute Gasteiger partial charge is 0.465 e. The topological polar surface area (TPSA) is 57.6 Å². The zero-order valence-corrected chi connectivity index (χ0v) is 8.21. The molecule has 0 fully saturated rings. The van der Waals surface area contributed by atoms with Crippen LogP contribution in [0.1, 0.15) is 20.1 Å². The SMILES string of the molecule is O=Cc1cc2c(s1)CCN(C(=O)O)C2. The summed E-state index contributed by atoms with van der Waals surface area (Å²) in [4.78, 5) is 24.4. The van der Waals surface area contributed by atoms with Crippen molar-refractivity contribution in [1.82, 2.24) is 4.90 Å². The van der Waals surface area contributed by atoms with Crippen LogP contribution in [0.3, 0.4) is 0 Å². The molecule has 1 aromatic rings. The number of hydrogen-bond acceptors (Lipinski definition) is 3. The minimum Gasteiger partial charge on any atom is -0.465 e. The normalized spacial score (nSPS) is 15.0. The monoisotopic (exact) mass is 211 g/mol. The highest BCUT2D eigenvalue weighted by Crippen LogP contribution is 2.27. The van der Waals surface area contributed by atoms with Crippen LogP contribution < -0.4 is 0 Å². The van der Waals surface area contributed by atoms with Gasteiger partial charge in [0.05, 0.1) is 11.4 Å². The summed E-state index contributed by atoms with van der Waals surface area (Å²) < 4.78 is 0. The number of thiophene rings is 1. The van der Waals surface area contributed by atoms with E-state index in [0.29, 0.717) is 18.0 Å². The van der Waals surface area contributed by atoms with Gasteiger partial charge in [-0.2, -0.15) is 0 Å². The molecule has 0 bridgehead atoms. The Morgan fingerprint density at radius 3 is 3.07 bits per heavy atom. The molecule has 1 aromatic heterocycles. The molecule has 0 unspecified atom stereocenters. The molecule has 1 amide bonds. The van der Waals surface area contributed by atoms with Gasteiger partial charge >= 0.3 is 6.09 Å². The summed E-state index contributed by atoms with van der Waals surface area (Å²) in [6.45, 7) is 0.941. The van der Waals surface area contributed by atoms with Crippen molar-refractivity contribution in [1.29, 1.82) is 0 Å². The van der Waals surface area contributed by atoms with Gasteiger partial charge in [-0.3, -0.25) is 4.79 Å². The quantitative estimate of drug-likeness (QED) is 0.718. The predicted molar refractivity (Wildman–Crippen MR) is 51.8 cm³/mol. The average Bonchev–Trinajstić information content (AvgIpc) is 2.58. The zero-order valence-electron chi connectivity index (χ0n) is 7.40. The van der Waals surface area contributed by atoms with Crippen molar-refractivity contribution in [2.24, 2.45) is 0 Å². The van der Waals surface area contributed by atoms with Crippen LogP contribution in [0.25, 0.3) is 0 Å². The molecule has 0 aliphatic carbocycles. The molecule has 0 spiro atoms. The minimum atomic E-state index is -0.894. The lowest BCUT2D eigenvalue weighted by atomic mass is 10.1. The first kappa shape index (κ1) is 9.21. The minimum absolute atomic E-state index is 0.412. The van der Waals surface area contributed by atoms with E-state index < -0.39 is 6.09 Å². The molecule has 74 valence electrons. The van der Waals surface area contributed by atoms with Crippen LogP contribution in [0.2, 0.25) is 0 Å². The number of amides is 1. The van der Waals surface area contributed by atoms with Crippen molar-refractivity contribution in [3.8, 4) is 0 Å². The highest BCUT2D eigenvalue weighted by atomic mass is 32.1. The van der Waals surface area contributed by atoms with E-state index in [9.17, 15) is 9.59 Å². The molecule has 0 radical (unpaired) electrons. The number of carboxylic acid groups (broad SMARTS) is 1. The van der Waals surface area contributed by atoms with Gasteiger partial charge in [-0.1, -0.05) is 0 Å². The van der Waals surface area contributed by atoms with Crippen molar-refractivity contribution < 1.29 is 14.7 Å². The third-order valence-corrected chi connectivity index (χ3v) is 3.43. The van der Waals surface area contributed by atoms with Crippen LogP contribution in [-0.4, -0.2) is 28.9 Å². The van der Waals surface area contributed by atoms with Crippen LogP contribution in [0.4, 0.5) is 4.79 Å². The van der Waals surface area contributed by atoms with E-state index in [1.807, 2.05) is 0 Å². The van der Waals surface area contributed by atoms with E-state index in [1.54, 1.807) is 6.07 Å². The van der Waals surface area contributed by atoms with Gasteiger partial charge in [0.15, 0.2) is 6.29 Å². The van der Waals surface area contributed by atoms with Gasteiger partial charge in [-0.15, -0.1) is 11.3 Å². The van der Waals surface area contributed by atoms with Crippen molar-refractivity contribution in [3.63, 3.8) is 0 Å². The number of rotatable bonds is 1. The van der Waals surface area contributed by atoms with E-state index in [1.165, 1.54) is 16.2 Å².